The molecule has 13 heavy (non-hydrogen) atoms. The number of Topliss-reactive ketones (excluding diaryl/α,β-unsaturated/α-hetero) is 1. The van der Waals surface area contributed by atoms with Crippen LogP contribution in [-0.2, 0) is 4.79 Å². The lowest BCUT2D eigenvalue weighted by Gasteiger charge is -2.16. The van der Waals surface area contributed by atoms with Gasteiger partial charge in [-0.3, -0.25) is 0 Å². The lowest BCUT2D eigenvalue weighted by Crippen LogP contribution is -2.09. The van der Waals surface area contributed by atoms with Gasteiger partial charge in [0.15, 0.2) is 0 Å². The van der Waals surface area contributed by atoms with Crippen LogP contribution in [0, 0.1) is 5.92 Å². The number of hydrogen-bond acceptors (Lipinski definition) is 2. The van der Waals surface area contributed by atoms with E-state index in [1.807, 2.05) is 12.1 Å². The van der Waals surface area contributed by atoms with E-state index < -0.39 is 0 Å². The standard InChI is InChI=1S/C11H16O2/c1-8(2)10(7-9(3)12)11-5-4-6-13-11/h4-6,8,10H,7H2,1-3H3. The molecule has 1 aromatic rings. The lowest BCUT2D eigenvalue weighted by molar-refractivity contribution is -0.117. The van der Waals surface area contributed by atoms with Crippen molar-refractivity contribution in [2.75, 3.05) is 0 Å². The quantitative estimate of drug-likeness (QED) is 0.713. The second-order valence-corrected chi connectivity index (χ2v) is 3.77. The van der Waals surface area contributed by atoms with E-state index in [0.29, 0.717) is 12.3 Å². The molecule has 0 fully saturated rings. The van der Waals surface area contributed by atoms with Crippen molar-refractivity contribution < 1.29 is 9.21 Å². The Kier molecular flexibility index (Phi) is 3.29. The fourth-order valence-corrected chi connectivity index (χ4v) is 1.48. The van der Waals surface area contributed by atoms with Gasteiger partial charge in [-0.2, -0.15) is 0 Å². The Morgan fingerprint density at radius 2 is 2.23 bits per heavy atom. The third kappa shape index (κ3) is 2.72. The van der Waals surface area contributed by atoms with Crippen molar-refractivity contribution in [2.24, 2.45) is 5.92 Å². The van der Waals surface area contributed by atoms with Crippen LogP contribution in [0.4, 0.5) is 0 Å². The topological polar surface area (TPSA) is 30.2 Å². The molecule has 0 bridgehead atoms. The van der Waals surface area contributed by atoms with Crippen molar-refractivity contribution in [3.8, 4) is 0 Å². The maximum atomic E-state index is 11.0. The molecule has 0 radical (unpaired) electrons. The summed E-state index contributed by atoms with van der Waals surface area (Å²) in [5.41, 5.74) is 0. The first-order valence-corrected chi connectivity index (χ1v) is 4.64. The molecular formula is C11H16O2. The molecule has 0 saturated heterocycles. The van der Waals surface area contributed by atoms with Gasteiger partial charge in [0.2, 0.25) is 0 Å². The maximum Gasteiger partial charge on any atom is 0.130 e. The van der Waals surface area contributed by atoms with Gasteiger partial charge in [0, 0.05) is 12.3 Å². The molecule has 1 unspecified atom stereocenters. The first kappa shape index (κ1) is 10.0. The molecule has 1 atom stereocenters. The Hall–Kier alpha value is -1.05. The first-order valence-electron chi connectivity index (χ1n) is 4.64. The zero-order chi connectivity index (χ0) is 9.84. The average molecular weight is 180 g/mol. The summed E-state index contributed by atoms with van der Waals surface area (Å²) in [6.45, 7) is 5.84. The minimum atomic E-state index is 0.218. The van der Waals surface area contributed by atoms with Gasteiger partial charge in [-0.25, -0.2) is 0 Å². The molecule has 2 nitrogen and oxygen atoms in total. The largest absolute Gasteiger partial charge is 0.469 e. The fraction of sp³-hybridized carbons (Fsp3) is 0.545. The molecule has 2 heteroatoms. The van der Waals surface area contributed by atoms with E-state index in [0.717, 1.165) is 5.76 Å². The van der Waals surface area contributed by atoms with Gasteiger partial charge >= 0.3 is 0 Å². The van der Waals surface area contributed by atoms with Crippen molar-refractivity contribution in [2.45, 2.75) is 33.1 Å². The van der Waals surface area contributed by atoms with Crippen LogP contribution < -0.4 is 0 Å². The lowest BCUT2D eigenvalue weighted by atomic mass is 9.89. The minimum Gasteiger partial charge on any atom is -0.469 e. The Bertz CT molecular complexity index is 260. The van der Waals surface area contributed by atoms with E-state index in [9.17, 15) is 4.79 Å². The molecule has 1 heterocycles. The highest BCUT2D eigenvalue weighted by Crippen LogP contribution is 2.28. The average Bonchev–Trinajstić information content (AvgIpc) is 2.50. The molecule has 0 aliphatic rings. The molecular weight excluding hydrogens is 164 g/mol. The van der Waals surface area contributed by atoms with Crippen molar-refractivity contribution in [1.29, 1.82) is 0 Å². The number of carbonyl (C=O) groups excluding carboxylic acids is 1. The van der Waals surface area contributed by atoms with Crippen molar-refractivity contribution in [1.82, 2.24) is 0 Å². The van der Waals surface area contributed by atoms with Crippen LogP contribution in [0.2, 0.25) is 0 Å². The summed E-state index contributed by atoms with van der Waals surface area (Å²) in [6, 6.07) is 3.80. The van der Waals surface area contributed by atoms with Crippen LogP contribution in [0.25, 0.3) is 0 Å². The van der Waals surface area contributed by atoms with Crippen molar-refractivity contribution in [3.63, 3.8) is 0 Å². The highest BCUT2D eigenvalue weighted by molar-refractivity contribution is 5.76. The third-order valence-electron chi connectivity index (χ3n) is 2.22. The van der Waals surface area contributed by atoms with E-state index >= 15 is 0 Å². The Morgan fingerprint density at radius 1 is 1.54 bits per heavy atom. The predicted molar refractivity (Wildman–Crippen MR) is 51.6 cm³/mol. The Morgan fingerprint density at radius 3 is 2.62 bits per heavy atom. The molecule has 1 rings (SSSR count). The number of carbonyl (C=O) groups is 1. The summed E-state index contributed by atoms with van der Waals surface area (Å²) in [4.78, 5) is 11.0. The van der Waals surface area contributed by atoms with Crippen LogP contribution in [0.15, 0.2) is 22.8 Å². The maximum absolute atomic E-state index is 11.0. The van der Waals surface area contributed by atoms with Crippen LogP contribution in [-0.4, -0.2) is 5.78 Å². The van der Waals surface area contributed by atoms with Gasteiger partial charge < -0.3 is 9.21 Å². The van der Waals surface area contributed by atoms with Crippen LogP contribution in [0.5, 0.6) is 0 Å². The molecule has 0 aliphatic carbocycles. The number of furan rings is 1. The summed E-state index contributed by atoms with van der Waals surface area (Å²) in [6.07, 6.45) is 2.23. The zero-order valence-corrected chi connectivity index (χ0v) is 8.41. The molecule has 0 saturated carbocycles. The minimum absolute atomic E-state index is 0.218. The Labute approximate surface area is 78.9 Å². The molecule has 0 amide bonds. The summed E-state index contributed by atoms with van der Waals surface area (Å²) < 4.78 is 5.31. The zero-order valence-electron chi connectivity index (χ0n) is 8.41. The third-order valence-corrected chi connectivity index (χ3v) is 2.22. The fourth-order valence-electron chi connectivity index (χ4n) is 1.48. The van der Waals surface area contributed by atoms with Crippen molar-refractivity contribution >= 4 is 5.78 Å². The monoisotopic (exact) mass is 180 g/mol. The summed E-state index contributed by atoms with van der Waals surface area (Å²) >= 11 is 0. The molecule has 0 N–H and O–H groups in total. The number of ketones is 1. The summed E-state index contributed by atoms with van der Waals surface area (Å²) in [7, 11) is 0. The highest BCUT2D eigenvalue weighted by atomic mass is 16.3. The van der Waals surface area contributed by atoms with Gasteiger partial charge in [0.05, 0.1) is 6.26 Å². The van der Waals surface area contributed by atoms with Crippen molar-refractivity contribution in [3.05, 3.63) is 24.2 Å². The van der Waals surface area contributed by atoms with E-state index in [1.54, 1.807) is 13.2 Å². The van der Waals surface area contributed by atoms with E-state index in [4.69, 9.17) is 4.42 Å². The normalized spacial score (nSPS) is 13.2. The van der Waals surface area contributed by atoms with E-state index in [1.165, 1.54) is 0 Å². The van der Waals surface area contributed by atoms with E-state index in [2.05, 4.69) is 13.8 Å². The molecule has 1 aromatic heterocycles. The molecule has 0 aromatic carbocycles. The number of rotatable bonds is 4. The smallest absolute Gasteiger partial charge is 0.130 e. The Balaban J connectivity index is 2.74. The van der Waals surface area contributed by atoms with Gasteiger partial charge in [-0.05, 0) is 25.0 Å². The predicted octanol–water partition coefficient (Wildman–Crippen LogP) is 3.00. The summed E-state index contributed by atoms with van der Waals surface area (Å²) in [5.74, 6) is 1.81. The second-order valence-electron chi connectivity index (χ2n) is 3.77. The van der Waals surface area contributed by atoms with Gasteiger partial charge in [-0.15, -0.1) is 0 Å². The molecule has 0 aliphatic heterocycles. The van der Waals surface area contributed by atoms with Gasteiger partial charge in [0.25, 0.3) is 0 Å². The van der Waals surface area contributed by atoms with Gasteiger partial charge in [-0.1, -0.05) is 13.8 Å². The summed E-state index contributed by atoms with van der Waals surface area (Å²) in [5, 5.41) is 0. The van der Waals surface area contributed by atoms with Crippen LogP contribution in [0.3, 0.4) is 0 Å². The van der Waals surface area contributed by atoms with Crippen LogP contribution >= 0.6 is 0 Å². The molecule has 72 valence electrons. The highest BCUT2D eigenvalue weighted by Gasteiger charge is 2.19. The SMILES string of the molecule is CC(=O)CC(c1ccco1)C(C)C. The van der Waals surface area contributed by atoms with E-state index in [-0.39, 0.29) is 11.7 Å². The number of hydrogen-bond donors (Lipinski definition) is 0. The second kappa shape index (κ2) is 4.26. The van der Waals surface area contributed by atoms with Gasteiger partial charge in [0.1, 0.15) is 11.5 Å². The first-order chi connectivity index (χ1) is 6.11. The molecule has 0 spiro atoms. The van der Waals surface area contributed by atoms with Crippen LogP contribution in [0.1, 0.15) is 38.9 Å².